The van der Waals surface area contributed by atoms with Crippen molar-refractivity contribution in [3.63, 3.8) is 0 Å². The monoisotopic (exact) mass is 159 g/mol. The van der Waals surface area contributed by atoms with Crippen LogP contribution in [0.1, 0.15) is 32.6 Å². The second kappa shape index (κ2) is 8.02. The predicted molar refractivity (Wildman–Crippen MR) is 48.6 cm³/mol. The zero-order chi connectivity index (χ0) is 8.53. The van der Waals surface area contributed by atoms with E-state index in [1.54, 1.807) is 0 Å². The van der Waals surface area contributed by atoms with Gasteiger partial charge < -0.3 is 10.4 Å². The first-order valence-electron chi connectivity index (χ1n) is 4.60. The van der Waals surface area contributed by atoms with Crippen LogP contribution in [0.25, 0.3) is 0 Å². The van der Waals surface area contributed by atoms with Crippen molar-refractivity contribution in [2.75, 3.05) is 20.2 Å². The van der Waals surface area contributed by atoms with Crippen LogP contribution in [0.2, 0.25) is 0 Å². The van der Waals surface area contributed by atoms with Crippen molar-refractivity contribution in [1.82, 2.24) is 5.32 Å². The fraction of sp³-hybridized carbons (Fsp3) is 1.00. The molecule has 0 aromatic rings. The molecular weight excluding hydrogens is 138 g/mol. The van der Waals surface area contributed by atoms with Gasteiger partial charge in [0.1, 0.15) is 0 Å². The van der Waals surface area contributed by atoms with E-state index < -0.39 is 0 Å². The predicted octanol–water partition coefficient (Wildman–Crippen LogP) is 1.39. The van der Waals surface area contributed by atoms with Crippen molar-refractivity contribution in [3.05, 3.63) is 0 Å². The number of rotatable bonds is 7. The third-order valence-corrected chi connectivity index (χ3v) is 2.15. The highest BCUT2D eigenvalue weighted by molar-refractivity contribution is 4.57. The van der Waals surface area contributed by atoms with Crippen LogP contribution in [-0.2, 0) is 0 Å². The van der Waals surface area contributed by atoms with E-state index in [-0.39, 0.29) is 0 Å². The van der Waals surface area contributed by atoms with E-state index in [0.717, 1.165) is 18.9 Å². The maximum atomic E-state index is 8.71. The molecule has 1 atom stereocenters. The molecule has 0 rings (SSSR count). The number of hydrogen-bond acceptors (Lipinski definition) is 2. The molecule has 0 radical (unpaired) electrons. The van der Waals surface area contributed by atoms with Crippen LogP contribution in [0.3, 0.4) is 0 Å². The molecule has 0 aliphatic heterocycles. The zero-order valence-electron chi connectivity index (χ0n) is 7.77. The summed E-state index contributed by atoms with van der Waals surface area (Å²) in [6, 6.07) is 0. The van der Waals surface area contributed by atoms with Gasteiger partial charge in [0.15, 0.2) is 0 Å². The summed E-state index contributed by atoms with van der Waals surface area (Å²) >= 11 is 0. The molecule has 0 unspecified atom stereocenters. The summed E-state index contributed by atoms with van der Waals surface area (Å²) in [4.78, 5) is 0. The summed E-state index contributed by atoms with van der Waals surface area (Å²) in [5, 5.41) is 11.8. The molecule has 0 amide bonds. The number of nitrogens with one attached hydrogen (secondary N) is 1. The van der Waals surface area contributed by atoms with Crippen LogP contribution < -0.4 is 5.32 Å². The average molecular weight is 159 g/mol. The fourth-order valence-corrected chi connectivity index (χ4v) is 1.30. The highest BCUT2D eigenvalue weighted by Gasteiger charge is 2.03. The van der Waals surface area contributed by atoms with E-state index in [4.69, 9.17) is 5.11 Å². The van der Waals surface area contributed by atoms with Gasteiger partial charge >= 0.3 is 0 Å². The first-order chi connectivity index (χ1) is 5.35. The van der Waals surface area contributed by atoms with Crippen LogP contribution >= 0.6 is 0 Å². The minimum atomic E-state index is 0.345. The normalized spacial score (nSPS) is 13.4. The molecule has 0 aliphatic carbocycles. The number of hydrogen-bond donors (Lipinski definition) is 2. The van der Waals surface area contributed by atoms with E-state index >= 15 is 0 Å². The van der Waals surface area contributed by atoms with Crippen LogP contribution in [-0.4, -0.2) is 25.3 Å². The van der Waals surface area contributed by atoms with Gasteiger partial charge in [-0.1, -0.05) is 13.3 Å². The van der Waals surface area contributed by atoms with Gasteiger partial charge in [-0.2, -0.15) is 0 Å². The zero-order valence-corrected chi connectivity index (χ0v) is 7.77. The van der Waals surface area contributed by atoms with Gasteiger partial charge in [-0.15, -0.1) is 0 Å². The van der Waals surface area contributed by atoms with Gasteiger partial charge in [0, 0.05) is 6.61 Å². The van der Waals surface area contributed by atoms with Gasteiger partial charge in [0.05, 0.1) is 0 Å². The molecule has 0 heterocycles. The standard InChI is InChI=1S/C9H21NO/c1-3-9(6-8-11)5-4-7-10-2/h9-11H,3-8H2,1-2H3/t9-/m0/s1. The summed E-state index contributed by atoms with van der Waals surface area (Å²) in [6.45, 7) is 3.64. The minimum absolute atomic E-state index is 0.345. The first-order valence-corrected chi connectivity index (χ1v) is 4.60. The molecule has 2 heteroatoms. The van der Waals surface area contributed by atoms with Gasteiger partial charge in [-0.25, -0.2) is 0 Å². The molecule has 0 aromatic heterocycles. The topological polar surface area (TPSA) is 32.3 Å². The third kappa shape index (κ3) is 6.32. The lowest BCUT2D eigenvalue weighted by Gasteiger charge is -2.12. The molecular formula is C9H21NO. The molecule has 2 nitrogen and oxygen atoms in total. The van der Waals surface area contributed by atoms with Crippen LogP contribution in [0.5, 0.6) is 0 Å². The van der Waals surface area contributed by atoms with Crippen molar-refractivity contribution in [3.8, 4) is 0 Å². The van der Waals surface area contributed by atoms with Crippen molar-refractivity contribution in [1.29, 1.82) is 0 Å². The van der Waals surface area contributed by atoms with Crippen molar-refractivity contribution >= 4 is 0 Å². The molecule has 11 heavy (non-hydrogen) atoms. The maximum absolute atomic E-state index is 8.71. The Morgan fingerprint density at radius 3 is 2.55 bits per heavy atom. The lowest BCUT2D eigenvalue weighted by atomic mass is 9.97. The Hall–Kier alpha value is -0.0800. The Morgan fingerprint density at radius 1 is 1.36 bits per heavy atom. The van der Waals surface area contributed by atoms with E-state index in [1.807, 2.05) is 7.05 Å². The Labute approximate surface area is 70.0 Å². The molecule has 2 N–H and O–H groups in total. The van der Waals surface area contributed by atoms with Crippen molar-refractivity contribution in [2.45, 2.75) is 32.6 Å². The molecule has 0 aliphatic rings. The van der Waals surface area contributed by atoms with E-state index in [9.17, 15) is 0 Å². The maximum Gasteiger partial charge on any atom is 0.0433 e. The summed E-state index contributed by atoms with van der Waals surface area (Å²) in [7, 11) is 1.98. The SMILES string of the molecule is CC[C@H](CCO)CCCNC. The molecule has 68 valence electrons. The summed E-state index contributed by atoms with van der Waals surface area (Å²) in [5.41, 5.74) is 0. The molecule has 0 spiro atoms. The highest BCUT2D eigenvalue weighted by Crippen LogP contribution is 2.13. The van der Waals surface area contributed by atoms with Gasteiger partial charge in [-0.3, -0.25) is 0 Å². The molecule has 0 saturated heterocycles. The van der Waals surface area contributed by atoms with E-state index in [2.05, 4.69) is 12.2 Å². The lowest BCUT2D eigenvalue weighted by molar-refractivity contribution is 0.247. The average Bonchev–Trinajstić information content (AvgIpc) is 2.03. The summed E-state index contributed by atoms with van der Waals surface area (Å²) in [5.74, 6) is 0.730. The largest absolute Gasteiger partial charge is 0.396 e. The fourth-order valence-electron chi connectivity index (χ4n) is 1.30. The molecule has 0 aromatic carbocycles. The second-order valence-corrected chi connectivity index (χ2v) is 3.03. The third-order valence-electron chi connectivity index (χ3n) is 2.15. The first kappa shape index (κ1) is 10.9. The van der Waals surface area contributed by atoms with E-state index in [1.165, 1.54) is 19.3 Å². The number of aliphatic hydroxyl groups is 1. The van der Waals surface area contributed by atoms with Crippen molar-refractivity contribution < 1.29 is 5.11 Å². The number of aliphatic hydroxyl groups excluding tert-OH is 1. The Kier molecular flexibility index (Phi) is 7.96. The summed E-state index contributed by atoms with van der Waals surface area (Å²) < 4.78 is 0. The van der Waals surface area contributed by atoms with Gasteiger partial charge in [0.2, 0.25) is 0 Å². The van der Waals surface area contributed by atoms with E-state index in [0.29, 0.717) is 6.61 Å². The van der Waals surface area contributed by atoms with Crippen LogP contribution in [0, 0.1) is 5.92 Å². The Balaban J connectivity index is 3.20. The summed E-state index contributed by atoms with van der Waals surface area (Å²) in [6.07, 6.45) is 4.65. The Bertz CT molecular complexity index is 76.0. The molecule has 0 fully saturated rings. The quantitative estimate of drug-likeness (QED) is 0.550. The highest BCUT2D eigenvalue weighted by atomic mass is 16.3. The minimum Gasteiger partial charge on any atom is -0.396 e. The lowest BCUT2D eigenvalue weighted by Crippen LogP contribution is -2.10. The van der Waals surface area contributed by atoms with Gasteiger partial charge in [0.25, 0.3) is 0 Å². The van der Waals surface area contributed by atoms with Crippen molar-refractivity contribution in [2.24, 2.45) is 5.92 Å². The Morgan fingerprint density at radius 2 is 2.09 bits per heavy atom. The van der Waals surface area contributed by atoms with Crippen LogP contribution in [0.4, 0.5) is 0 Å². The second-order valence-electron chi connectivity index (χ2n) is 3.03. The van der Waals surface area contributed by atoms with Gasteiger partial charge in [-0.05, 0) is 38.8 Å². The van der Waals surface area contributed by atoms with Crippen LogP contribution in [0.15, 0.2) is 0 Å². The molecule has 0 bridgehead atoms. The molecule has 0 saturated carbocycles. The smallest absolute Gasteiger partial charge is 0.0433 e.